The van der Waals surface area contributed by atoms with E-state index in [9.17, 15) is 9.59 Å². The summed E-state index contributed by atoms with van der Waals surface area (Å²) in [6.07, 6.45) is 2.68. The number of carbonyl (C=O) groups is 2. The van der Waals surface area contributed by atoms with Gasteiger partial charge in [-0.05, 0) is 6.42 Å². The van der Waals surface area contributed by atoms with E-state index in [1.54, 1.807) is 0 Å². The van der Waals surface area contributed by atoms with Crippen LogP contribution in [0.2, 0.25) is 0 Å². The van der Waals surface area contributed by atoms with Crippen molar-refractivity contribution >= 4 is 11.9 Å². The van der Waals surface area contributed by atoms with Crippen molar-refractivity contribution in [3.63, 3.8) is 0 Å². The summed E-state index contributed by atoms with van der Waals surface area (Å²) in [5.74, 6) is -1.10. The van der Waals surface area contributed by atoms with Gasteiger partial charge in [0.25, 0.3) is 0 Å². The smallest absolute Gasteiger partial charge is 0.309 e. The zero-order valence-electron chi connectivity index (χ0n) is 11.8. The monoisotopic (exact) mass is 286 g/mol. The third kappa shape index (κ3) is 5.88. The number of unbranched alkanes of at least 4 members (excludes halogenated alkanes) is 1. The molecule has 2 heterocycles. The Hall–Kier alpha value is -1.14. The summed E-state index contributed by atoms with van der Waals surface area (Å²) >= 11 is 0. The summed E-state index contributed by atoms with van der Waals surface area (Å²) in [7, 11) is 0. The minimum Gasteiger partial charge on any atom is -0.463 e. The first-order valence-corrected chi connectivity index (χ1v) is 7.24. The summed E-state index contributed by atoms with van der Waals surface area (Å²) in [4.78, 5) is 23.7. The molecule has 0 N–H and O–H groups in total. The first-order chi connectivity index (χ1) is 9.69. The molecule has 2 fully saturated rings. The van der Waals surface area contributed by atoms with Crippen LogP contribution in [0.3, 0.4) is 0 Å². The predicted molar refractivity (Wildman–Crippen MR) is 69.0 cm³/mol. The lowest BCUT2D eigenvalue weighted by molar-refractivity contribution is -0.156. The molecule has 2 saturated heterocycles. The number of carbonyl (C=O) groups excluding carboxylic acids is 2. The number of rotatable bonds is 10. The number of hydrogen-bond acceptors (Lipinski definition) is 6. The molecule has 2 rings (SSSR count). The van der Waals surface area contributed by atoms with Gasteiger partial charge in [0.2, 0.25) is 0 Å². The van der Waals surface area contributed by atoms with Gasteiger partial charge in [-0.1, -0.05) is 19.8 Å². The van der Waals surface area contributed by atoms with Gasteiger partial charge >= 0.3 is 11.9 Å². The Bertz CT molecular complexity index is 335. The van der Waals surface area contributed by atoms with Crippen LogP contribution >= 0.6 is 0 Å². The molecule has 0 aliphatic carbocycles. The van der Waals surface area contributed by atoms with Gasteiger partial charge in [0, 0.05) is 0 Å². The van der Waals surface area contributed by atoms with Crippen molar-refractivity contribution < 1.29 is 28.5 Å². The van der Waals surface area contributed by atoms with Gasteiger partial charge in [0.1, 0.15) is 25.4 Å². The standard InChI is InChI=1S/C14H22O6/c1-2-3-4-10(14(16)20-9-12-7-18-12)5-13(15)19-8-11-6-17-11/h10-12H,2-9H2,1H3. The topological polar surface area (TPSA) is 77.7 Å². The SMILES string of the molecule is CCCCC(CC(=O)OCC1CO1)C(=O)OCC1CO1. The lowest BCUT2D eigenvalue weighted by Crippen LogP contribution is -2.24. The molecule has 0 saturated carbocycles. The molecule has 0 bridgehead atoms. The third-order valence-corrected chi connectivity index (χ3v) is 3.30. The summed E-state index contributed by atoms with van der Waals surface area (Å²) < 4.78 is 20.2. The molecule has 0 aromatic rings. The van der Waals surface area contributed by atoms with Crippen LogP contribution < -0.4 is 0 Å². The van der Waals surface area contributed by atoms with E-state index in [1.807, 2.05) is 6.92 Å². The van der Waals surface area contributed by atoms with Gasteiger partial charge in [-0.3, -0.25) is 9.59 Å². The number of esters is 2. The maximum Gasteiger partial charge on any atom is 0.309 e. The van der Waals surface area contributed by atoms with E-state index in [2.05, 4.69) is 0 Å². The zero-order valence-corrected chi connectivity index (χ0v) is 11.8. The zero-order chi connectivity index (χ0) is 14.4. The number of ether oxygens (including phenoxy) is 4. The summed E-state index contributed by atoms with van der Waals surface area (Å²) in [5, 5.41) is 0. The van der Waals surface area contributed by atoms with Crippen LogP contribution in [0.5, 0.6) is 0 Å². The minimum atomic E-state index is -0.415. The third-order valence-electron chi connectivity index (χ3n) is 3.30. The second-order valence-electron chi connectivity index (χ2n) is 5.27. The molecule has 6 heteroatoms. The molecule has 6 nitrogen and oxygen atoms in total. The Morgan fingerprint density at radius 2 is 1.75 bits per heavy atom. The first-order valence-electron chi connectivity index (χ1n) is 7.24. The van der Waals surface area contributed by atoms with Crippen LogP contribution in [0.15, 0.2) is 0 Å². The highest BCUT2D eigenvalue weighted by Crippen LogP contribution is 2.18. The molecule has 0 spiro atoms. The quantitative estimate of drug-likeness (QED) is 0.441. The second-order valence-corrected chi connectivity index (χ2v) is 5.27. The van der Waals surface area contributed by atoms with Gasteiger partial charge in [-0.15, -0.1) is 0 Å². The number of epoxide rings is 2. The van der Waals surface area contributed by atoms with Crippen LogP contribution in [0, 0.1) is 5.92 Å². The van der Waals surface area contributed by atoms with Crippen LogP contribution in [-0.2, 0) is 28.5 Å². The van der Waals surface area contributed by atoms with Crippen molar-refractivity contribution in [2.45, 2.75) is 44.8 Å². The van der Waals surface area contributed by atoms with Crippen molar-refractivity contribution in [1.82, 2.24) is 0 Å². The summed E-state index contributed by atoms with van der Waals surface area (Å²) in [5.41, 5.74) is 0. The Morgan fingerprint density at radius 3 is 2.30 bits per heavy atom. The van der Waals surface area contributed by atoms with Crippen LogP contribution in [0.1, 0.15) is 32.6 Å². The second kappa shape index (κ2) is 7.59. The van der Waals surface area contributed by atoms with Crippen molar-refractivity contribution in [3.05, 3.63) is 0 Å². The summed E-state index contributed by atoms with van der Waals surface area (Å²) in [6, 6.07) is 0. The Labute approximate surface area is 118 Å². The molecule has 0 radical (unpaired) electrons. The van der Waals surface area contributed by atoms with E-state index in [-0.39, 0.29) is 43.8 Å². The maximum atomic E-state index is 12.0. The summed E-state index contributed by atoms with van der Waals surface area (Å²) in [6.45, 7) is 3.91. The Morgan fingerprint density at radius 1 is 1.15 bits per heavy atom. The molecular formula is C14H22O6. The van der Waals surface area contributed by atoms with Crippen molar-refractivity contribution in [2.24, 2.45) is 5.92 Å². The van der Waals surface area contributed by atoms with E-state index in [4.69, 9.17) is 18.9 Å². The van der Waals surface area contributed by atoms with Gasteiger partial charge < -0.3 is 18.9 Å². The van der Waals surface area contributed by atoms with Crippen LogP contribution in [-0.4, -0.2) is 50.6 Å². The molecular weight excluding hydrogens is 264 g/mol. The average molecular weight is 286 g/mol. The van der Waals surface area contributed by atoms with Crippen LogP contribution in [0.4, 0.5) is 0 Å². The molecule has 0 amide bonds. The predicted octanol–water partition coefficient (Wildman–Crippen LogP) is 1.07. The molecule has 0 aromatic carbocycles. The van der Waals surface area contributed by atoms with Gasteiger partial charge in [0.05, 0.1) is 25.6 Å². The lowest BCUT2D eigenvalue weighted by atomic mass is 9.99. The Balaban J connectivity index is 1.70. The molecule has 2 aliphatic heterocycles. The van der Waals surface area contributed by atoms with Gasteiger partial charge in [-0.2, -0.15) is 0 Å². The largest absolute Gasteiger partial charge is 0.463 e. The molecule has 20 heavy (non-hydrogen) atoms. The highest BCUT2D eigenvalue weighted by Gasteiger charge is 2.29. The van der Waals surface area contributed by atoms with E-state index in [0.29, 0.717) is 19.6 Å². The van der Waals surface area contributed by atoms with E-state index in [1.165, 1.54) is 0 Å². The van der Waals surface area contributed by atoms with E-state index >= 15 is 0 Å². The molecule has 3 atom stereocenters. The molecule has 3 unspecified atom stereocenters. The maximum absolute atomic E-state index is 12.0. The van der Waals surface area contributed by atoms with Crippen LogP contribution in [0.25, 0.3) is 0 Å². The first kappa shape index (κ1) is 15.3. The highest BCUT2D eigenvalue weighted by molar-refractivity contribution is 5.80. The highest BCUT2D eigenvalue weighted by atomic mass is 16.6. The van der Waals surface area contributed by atoms with Crippen molar-refractivity contribution in [1.29, 1.82) is 0 Å². The minimum absolute atomic E-state index is 0.0461. The van der Waals surface area contributed by atoms with Gasteiger partial charge in [-0.25, -0.2) is 0 Å². The lowest BCUT2D eigenvalue weighted by Gasteiger charge is -2.14. The van der Waals surface area contributed by atoms with Crippen molar-refractivity contribution in [3.8, 4) is 0 Å². The fraction of sp³-hybridized carbons (Fsp3) is 0.857. The van der Waals surface area contributed by atoms with E-state index < -0.39 is 5.92 Å². The Kier molecular flexibility index (Phi) is 5.79. The fourth-order valence-corrected chi connectivity index (χ4v) is 1.82. The molecule has 0 aromatic heterocycles. The average Bonchev–Trinajstić information content (AvgIpc) is 3.31. The van der Waals surface area contributed by atoms with Gasteiger partial charge in [0.15, 0.2) is 0 Å². The normalized spacial score (nSPS) is 24.9. The van der Waals surface area contributed by atoms with E-state index in [0.717, 1.165) is 12.8 Å². The fourth-order valence-electron chi connectivity index (χ4n) is 1.82. The van der Waals surface area contributed by atoms with Crippen molar-refractivity contribution in [2.75, 3.05) is 26.4 Å². The number of hydrogen-bond donors (Lipinski definition) is 0. The molecule has 114 valence electrons. The molecule has 2 aliphatic rings.